The van der Waals surface area contributed by atoms with Crippen molar-refractivity contribution in [3.05, 3.63) is 46.1 Å². The van der Waals surface area contributed by atoms with E-state index in [0.717, 1.165) is 11.4 Å². The van der Waals surface area contributed by atoms with Crippen molar-refractivity contribution in [2.75, 3.05) is 11.1 Å². The molecule has 88 valence electrons. The molecule has 0 radical (unpaired) electrons. The third-order valence-electron chi connectivity index (χ3n) is 2.11. The molecule has 3 N–H and O–H groups in total. The highest BCUT2D eigenvalue weighted by atomic mass is 35.5. The highest BCUT2D eigenvalue weighted by molar-refractivity contribution is 6.35. The summed E-state index contributed by atoms with van der Waals surface area (Å²) in [5, 5.41) is 4.25. The van der Waals surface area contributed by atoms with Crippen LogP contribution in [0.1, 0.15) is 5.69 Å². The molecule has 0 saturated heterocycles. The van der Waals surface area contributed by atoms with Gasteiger partial charge in [-0.2, -0.15) is 0 Å². The molecule has 0 fully saturated rings. The Morgan fingerprint density at radius 1 is 1.06 bits per heavy atom. The Kier molecular flexibility index (Phi) is 3.41. The molecule has 2 aromatic rings. The Balaban J connectivity index is 2.31. The van der Waals surface area contributed by atoms with Gasteiger partial charge in [-0.05, 0) is 31.2 Å². The van der Waals surface area contributed by atoms with E-state index in [2.05, 4.69) is 10.3 Å². The van der Waals surface area contributed by atoms with Crippen LogP contribution in [0.3, 0.4) is 0 Å². The number of hydrogen-bond acceptors (Lipinski definition) is 3. The average molecular weight is 268 g/mol. The van der Waals surface area contributed by atoms with Gasteiger partial charge in [-0.1, -0.05) is 23.2 Å². The van der Waals surface area contributed by atoms with Gasteiger partial charge in [0.2, 0.25) is 0 Å². The van der Waals surface area contributed by atoms with Crippen molar-refractivity contribution in [3.63, 3.8) is 0 Å². The number of nitrogens with one attached hydrogen (secondary N) is 1. The second-order valence-corrected chi connectivity index (χ2v) is 4.58. The summed E-state index contributed by atoms with van der Waals surface area (Å²) in [6, 6.07) is 8.77. The first-order valence-electron chi connectivity index (χ1n) is 5.00. The van der Waals surface area contributed by atoms with Crippen LogP contribution < -0.4 is 11.1 Å². The van der Waals surface area contributed by atoms with Crippen molar-refractivity contribution >= 4 is 40.4 Å². The van der Waals surface area contributed by atoms with Gasteiger partial charge in [0, 0.05) is 33.2 Å². The molecular formula is C12H11Cl2N3. The zero-order valence-electron chi connectivity index (χ0n) is 9.17. The zero-order chi connectivity index (χ0) is 12.4. The van der Waals surface area contributed by atoms with Crippen molar-refractivity contribution in [2.24, 2.45) is 0 Å². The van der Waals surface area contributed by atoms with Gasteiger partial charge in [0.05, 0.1) is 0 Å². The van der Waals surface area contributed by atoms with E-state index in [1.165, 1.54) is 0 Å². The molecule has 3 nitrogen and oxygen atoms in total. The fraction of sp³-hybridized carbons (Fsp3) is 0.0833. The van der Waals surface area contributed by atoms with Crippen LogP contribution in [-0.4, -0.2) is 4.98 Å². The van der Waals surface area contributed by atoms with E-state index in [9.17, 15) is 0 Å². The van der Waals surface area contributed by atoms with Crippen LogP contribution in [-0.2, 0) is 0 Å². The molecule has 1 aromatic carbocycles. The third kappa shape index (κ3) is 3.25. The van der Waals surface area contributed by atoms with Gasteiger partial charge in [-0.15, -0.1) is 0 Å². The molecule has 5 heteroatoms. The quantitative estimate of drug-likeness (QED) is 0.864. The maximum Gasteiger partial charge on any atom is 0.132 e. The molecule has 17 heavy (non-hydrogen) atoms. The van der Waals surface area contributed by atoms with Crippen molar-refractivity contribution < 1.29 is 0 Å². The van der Waals surface area contributed by atoms with Gasteiger partial charge >= 0.3 is 0 Å². The Hall–Kier alpha value is -1.45. The van der Waals surface area contributed by atoms with Crippen LogP contribution in [0.4, 0.5) is 17.2 Å². The Bertz CT molecular complexity index is 465. The predicted octanol–water partition coefficient (Wildman–Crippen LogP) is 4.02. The summed E-state index contributed by atoms with van der Waals surface area (Å²) < 4.78 is 0. The lowest BCUT2D eigenvalue weighted by molar-refractivity contribution is 1.20. The van der Waals surface area contributed by atoms with Gasteiger partial charge in [0.15, 0.2) is 0 Å². The van der Waals surface area contributed by atoms with Gasteiger partial charge in [-0.25, -0.2) is 4.98 Å². The molecule has 0 bridgehead atoms. The van der Waals surface area contributed by atoms with Gasteiger partial charge < -0.3 is 11.1 Å². The number of hydrogen-bond donors (Lipinski definition) is 2. The van der Waals surface area contributed by atoms with Crippen LogP contribution in [0.25, 0.3) is 0 Å². The Morgan fingerprint density at radius 3 is 2.29 bits per heavy atom. The van der Waals surface area contributed by atoms with Crippen LogP contribution >= 0.6 is 23.2 Å². The third-order valence-corrected chi connectivity index (χ3v) is 2.55. The van der Waals surface area contributed by atoms with Crippen molar-refractivity contribution in [3.8, 4) is 0 Å². The fourth-order valence-corrected chi connectivity index (χ4v) is 2.06. The number of nitrogens with two attached hydrogens (primary N) is 1. The van der Waals surface area contributed by atoms with Gasteiger partial charge in [0.25, 0.3) is 0 Å². The number of rotatable bonds is 2. The zero-order valence-corrected chi connectivity index (χ0v) is 10.7. The smallest absolute Gasteiger partial charge is 0.132 e. The molecule has 0 atom stereocenters. The maximum atomic E-state index is 5.91. The minimum Gasteiger partial charge on any atom is -0.399 e. The normalized spacial score (nSPS) is 10.3. The summed E-state index contributed by atoms with van der Waals surface area (Å²) >= 11 is 11.8. The largest absolute Gasteiger partial charge is 0.399 e. The number of aromatic nitrogens is 1. The second kappa shape index (κ2) is 4.82. The lowest BCUT2D eigenvalue weighted by Gasteiger charge is -2.08. The fourth-order valence-electron chi connectivity index (χ4n) is 1.53. The van der Waals surface area contributed by atoms with E-state index in [4.69, 9.17) is 28.9 Å². The van der Waals surface area contributed by atoms with Crippen LogP contribution in [0.5, 0.6) is 0 Å². The minimum atomic E-state index is 0.570. The molecule has 2 rings (SSSR count). The lowest BCUT2D eigenvalue weighted by atomic mass is 10.3. The SMILES string of the molecule is Cc1cc(N)cc(Nc2cc(Cl)cc(Cl)c2)n1. The molecule has 0 aliphatic carbocycles. The standard InChI is InChI=1S/C12H11Cl2N3/c1-7-2-10(15)6-12(16-7)17-11-4-8(13)3-9(14)5-11/h2-6H,1H3,(H3,15,16,17). The van der Waals surface area contributed by atoms with Gasteiger partial charge in [-0.3, -0.25) is 0 Å². The molecule has 0 aliphatic rings. The molecular weight excluding hydrogens is 257 g/mol. The number of pyridine rings is 1. The van der Waals surface area contributed by atoms with Crippen molar-refractivity contribution in [2.45, 2.75) is 6.92 Å². The lowest BCUT2D eigenvalue weighted by Crippen LogP contribution is -1.97. The minimum absolute atomic E-state index is 0.570. The maximum absolute atomic E-state index is 5.91. The van der Waals surface area contributed by atoms with E-state index in [1.54, 1.807) is 30.3 Å². The first kappa shape index (κ1) is 12.0. The summed E-state index contributed by atoms with van der Waals surface area (Å²) in [6.07, 6.45) is 0. The van der Waals surface area contributed by atoms with E-state index in [1.807, 2.05) is 6.92 Å². The summed E-state index contributed by atoms with van der Waals surface area (Å²) in [7, 11) is 0. The van der Waals surface area contributed by atoms with E-state index >= 15 is 0 Å². The number of aryl methyl sites for hydroxylation is 1. The molecule has 0 saturated carbocycles. The molecule has 0 aliphatic heterocycles. The van der Waals surface area contributed by atoms with Gasteiger partial charge in [0.1, 0.15) is 5.82 Å². The number of benzene rings is 1. The van der Waals surface area contributed by atoms with E-state index in [-0.39, 0.29) is 0 Å². The molecule has 1 heterocycles. The average Bonchev–Trinajstić information content (AvgIpc) is 2.13. The molecule has 0 amide bonds. The van der Waals surface area contributed by atoms with Crippen molar-refractivity contribution in [1.29, 1.82) is 0 Å². The Morgan fingerprint density at radius 2 is 1.71 bits per heavy atom. The highest BCUT2D eigenvalue weighted by Gasteiger charge is 2.01. The molecule has 1 aromatic heterocycles. The van der Waals surface area contributed by atoms with Crippen molar-refractivity contribution in [1.82, 2.24) is 4.98 Å². The highest BCUT2D eigenvalue weighted by Crippen LogP contribution is 2.25. The van der Waals surface area contributed by atoms with E-state index < -0.39 is 0 Å². The number of anilines is 3. The van der Waals surface area contributed by atoms with Crippen LogP contribution in [0, 0.1) is 6.92 Å². The Labute approximate surface area is 110 Å². The second-order valence-electron chi connectivity index (χ2n) is 3.71. The molecule has 0 spiro atoms. The van der Waals surface area contributed by atoms with Crippen LogP contribution in [0.15, 0.2) is 30.3 Å². The molecule has 0 unspecified atom stereocenters. The first-order chi connectivity index (χ1) is 8.02. The summed E-state index contributed by atoms with van der Waals surface area (Å²) in [5.41, 5.74) is 8.03. The number of nitrogen functional groups attached to an aromatic ring is 1. The summed E-state index contributed by atoms with van der Waals surface area (Å²) in [6.45, 7) is 1.88. The van der Waals surface area contributed by atoms with Crippen LogP contribution in [0.2, 0.25) is 10.0 Å². The first-order valence-corrected chi connectivity index (χ1v) is 5.76. The van der Waals surface area contributed by atoms with E-state index in [0.29, 0.717) is 21.6 Å². The monoisotopic (exact) mass is 267 g/mol. The summed E-state index contributed by atoms with van der Waals surface area (Å²) in [5.74, 6) is 0.667. The topological polar surface area (TPSA) is 50.9 Å². The number of halogens is 2. The summed E-state index contributed by atoms with van der Waals surface area (Å²) in [4.78, 5) is 4.31. The predicted molar refractivity (Wildman–Crippen MR) is 73.1 cm³/mol. The number of nitrogens with zero attached hydrogens (tertiary/aromatic N) is 1.